The number of hydrogen-bond donors (Lipinski definition) is 2. The highest BCUT2D eigenvalue weighted by Crippen LogP contribution is 2.12. The smallest absolute Gasteiger partial charge is 0.269 e. The summed E-state index contributed by atoms with van der Waals surface area (Å²) in [6.07, 6.45) is 4.20. The molecule has 0 aliphatic carbocycles. The molecule has 0 radical (unpaired) electrons. The van der Waals surface area contributed by atoms with Crippen LogP contribution in [0.25, 0.3) is 0 Å². The molecule has 0 amide bonds. The molecule has 0 aliphatic rings. The summed E-state index contributed by atoms with van der Waals surface area (Å²) < 4.78 is 0. The Balaban J connectivity index is 0.00000529. The molecule has 0 heterocycles. The first-order valence-corrected chi connectivity index (χ1v) is 9.23. The second-order valence-corrected chi connectivity index (χ2v) is 6.30. The number of rotatable bonds is 9. The number of non-ortho nitro benzene ring substituents is 1. The molecule has 0 saturated carbocycles. The van der Waals surface area contributed by atoms with E-state index in [1.807, 2.05) is 11.8 Å². The van der Waals surface area contributed by atoms with Crippen LogP contribution in [0.2, 0.25) is 0 Å². The van der Waals surface area contributed by atoms with Crippen LogP contribution in [0.5, 0.6) is 0 Å². The zero-order chi connectivity index (χ0) is 17.1. The molecule has 0 spiro atoms. The van der Waals surface area contributed by atoms with E-state index in [0.717, 1.165) is 36.7 Å². The fourth-order valence-electron chi connectivity index (χ4n) is 1.80. The summed E-state index contributed by atoms with van der Waals surface area (Å²) in [6.45, 7) is 5.61. The first-order valence-electron chi connectivity index (χ1n) is 7.84. The predicted molar refractivity (Wildman–Crippen MR) is 114 cm³/mol. The quantitative estimate of drug-likeness (QED) is 0.145. The van der Waals surface area contributed by atoms with Gasteiger partial charge in [0.25, 0.3) is 5.69 Å². The van der Waals surface area contributed by atoms with Crippen molar-refractivity contribution in [3.63, 3.8) is 0 Å². The number of nitro benzene ring substituents is 1. The van der Waals surface area contributed by atoms with E-state index in [-0.39, 0.29) is 29.7 Å². The molecule has 1 rings (SSSR count). The van der Waals surface area contributed by atoms with Crippen molar-refractivity contribution in [2.75, 3.05) is 18.6 Å². The Morgan fingerprint density at radius 2 is 2.04 bits per heavy atom. The van der Waals surface area contributed by atoms with Crippen LogP contribution in [-0.4, -0.2) is 35.5 Å². The van der Waals surface area contributed by atoms with Gasteiger partial charge in [0.2, 0.25) is 0 Å². The van der Waals surface area contributed by atoms with E-state index in [4.69, 9.17) is 0 Å². The molecule has 136 valence electrons. The average molecular weight is 466 g/mol. The Labute approximate surface area is 165 Å². The lowest BCUT2D eigenvalue weighted by atomic mass is 10.2. The fraction of sp³-hybridized carbons (Fsp3) is 0.562. The van der Waals surface area contributed by atoms with Gasteiger partial charge in [0.1, 0.15) is 0 Å². The molecule has 0 saturated heterocycles. The van der Waals surface area contributed by atoms with Gasteiger partial charge in [-0.1, -0.05) is 19.1 Å². The Morgan fingerprint density at radius 3 is 2.58 bits per heavy atom. The van der Waals surface area contributed by atoms with E-state index < -0.39 is 4.92 Å². The van der Waals surface area contributed by atoms with Crippen LogP contribution in [-0.2, 0) is 6.54 Å². The van der Waals surface area contributed by atoms with Crippen molar-refractivity contribution in [1.29, 1.82) is 0 Å². The van der Waals surface area contributed by atoms with Gasteiger partial charge in [-0.25, -0.2) is 4.99 Å². The van der Waals surface area contributed by atoms with Gasteiger partial charge in [-0.2, -0.15) is 11.8 Å². The highest BCUT2D eigenvalue weighted by molar-refractivity contribution is 14.0. The summed E-state index contributed by atoms with van der Waals surface area (Å²) >= 11 is 1.83. The molecule has 1 atom stereocenters. The number of aliphatic imine (C=N–C) groups is 1. The standard InChI is InChI=1S/C16H26N4O2S.HI/c1-4-13(2)19-16(17-10-5-11-23-3)18-12-14-6-8-15(9-7-14)20(21)22;/h6-9,13H,4-5,10-12H2,1-3H3,(H2,17,18,19);1H. The van der Waals surface area contributed by atoms with E-state index in [9.17, 15) is 10.1 Å². The second-order valence-electron chi connectivity index (χ2n) is 5.32. The lowest BCUT2D eigenvalue weighted by Crippen LogP contribution is -2.42. The van der Waals surface area contributed by atoms with Gasteiger partial charge in [0.15, 0.2) is 5.96 Å². The maximum atomic E-state index is 10.7. The number of nitrogens with zero attached hydrogens (tertiary/aromatic N) is 2. The fourth-order valence-corrected chi connectivity index (χ4v) is 2.24. The van der Waals surface area contributed by atoms with Gasteiger partial charge in [-0.05, 0) is 37.3 Å². The van der Waals surface area contributed by atoms with E-state index in [2.05, 4.69) is 35.7 Å². The summed E-state index contributed by atoms with van der Waals surface area (Å²) in [5.41, 5.74) is 1.05. The largest absolute Gasteiger partial charge is 0.356 e. The topological polar surface area (TPSA) is 79.6 Å². The van der Waals surface area contributed by atoms with E-state index in [0.29, 0.717) is 12.6 Å². The number of nitro groups is 1. The summed E-state index contributed by atoms with van der Waals surface area (Å²) in [4.78, 5) is 14.8. The molecule has 0 aromatic heterocycles. The number of hydrogen-bond acceptors (Lipinski definition) is 4. The van der Waals surface area contributed by atoms with Crippen LogP contribution in [0.4, 0.5) is 5.69 Å². The van der Waals surface area contributed by atoms with Crippen molar-refractivity contribution in [3.8, 4) is 0 Å². The molecule has 2 N–H and O–H groups in total. The normalized spacial score (nSPS) is 12.2. The molecule has 24 heavy (non-hydrogen) atoms. The Kier molecular flexibility index (Phi) is 12.7. The summed E-state index contributed by atoms with van der Waals surface area (Å²) in [7, 11) is 0. The number of benzene rings is 1. The van der Waals surface area contributed by atoms with Crippen LogP contribution in [0.1, 0.15) is 32.3 Å². The van der Waals surface area contributed by atoms with E-state index in [1.54, 1.807) is 12.1 Å². The molecular formula is C16H27IN4O2S. The third-order valence-electron chi connectivity index (χ3n) is 3.38. The minimum atomic E-state index is -0.393. The van der Waals surface area contributed by atoms with Crippen LogP contribution in [0.15, 0.2) is 29.3 Å². The SMILES string of the molecule is CCC(C)NC(=NCc1ccc([N+](=O)[O-])cc1)NCCCSC.I. The van der Waals surface area contributed by atoms with Gasteiger partial charge in [0.05, 0.1) is 11.5 Å². The van der Waals surface area contributed by atoms with Gasteiger partial charge >= 0.3 is 0 Å². The van der Waals surface area contributed by atoms with Gasteiger partial charge < -0.3 is 10.6 Å². The number of guanidine groups is 1. The van der Waals surface area contributed by atoms with Gasteiger partial charge in [-0.15, -0.1) is 24.0 Å². The monoisotopic (exact) mass is 466 g/mol. The molecule has 1 aromatic rings. The van der Waals surface area contributed by atoms with Crippen LogP contribution in [0.3, 0.4) is 0 Å². The van der Waals surface area contributed by atoms with E-state index >= 15 is 0 Å². The molecular weight excluding hydrogens is 439 g/mol. The van der Waals surface area contributed by atoms with Crippen molar-refractivity contribution in [3.05, 3.63) is 39.9 Å². The zero-order valence-electron chi connectivity index (χ0n) is 14.4. The summed E-state index contributed by atoms with van der Waals surface area (Å²) in [5.74, 6) is 1.91. The molecule has 0 fully saturated rings. The maximum absolute atomic E-state index is 10.7. The lowest BCUT2D eigenvalue weighted by Gasteiger charge is -2.17. The molecule has 6 nitrogen and oxygen atoms in total. The second kappa shape index (κ2) is 13.3. The average Bonchev–Trinajstić information content (AvgIpc) is 2.56. The van der Waals surface area contributed by atoms with Crippen LogP contribution in [0, 0.1) is 10.1 Å². The zero-order valence-corrected chi connectivity index (χ0v) is 17.6. The Hall–Kier alpha value is -1.03. The first-order chi connectivity index (χ1) is 11.1. The maximum Gasteiger partial charge on any atom is 0.269 e. The van der Waals surface area contributed by atoms with Crippen molar-refractivity contribution in [1.82, 2.24) is 10.6 Å². The first kappa shape index (κ1) is 23.0. The van der Waals surface area contributed by atoms with Crippen molar-refractivity contribution < 1.29 is 4.92 Å². The lowest BCUT2D eigenvalue weighted by molar-refractivity contribution is -0.384. The van der Waals surface area contributed by atoms with Crippen LogP contribution >= 0.6 is 35.7 Å². The highest BCUT2D eigenvalue weighted by atomic mass is 127. The molecule has 0 bridgehead atoms. The van der Waals surface area contributed by atoms with Crippen molar-refractivity contribution >= 4 is 47.4 Å². The minimum absolute atomic E-state index is 0. The minimum Gasteiger partial charge on any atom is -0.356 e. The van der Waals surface area contributed by atoms with Gasteiger partial charge in [-0.3, -0.25) is 10.1 Å². The Morgan fingerprint density at radius 1 is 1.38 bits per heavy atom. The van der Waals surface area contributed by atoms with Crippen molar-refractivity contribution in [2.45, 2.75) is 39.3 Å². The van der Waals surface area contributed by atoms with E-state index in [1.165, 1.54) is 12.1 Å². The van der Waals surface area contributed by atoms with Gasteiger partial charge in [0, 0.05) is 24.7 Å². The van der Waals surface area contributed by atoms with Crippen LogP contribution < -0.4 is 10.6 Å². The molecule has 1 unspecified atom stereocenters. The third kappa shape index (κ3) is 9.31. The predicted octanol–water partition coefficient (Wildman–Crippen LogP) is 3.80. The Bertz CT molecular complexity index is 511. The molecule has 0 aliphatic heterocycles. The molecule has 1 aromatic carbocycles. The highest BCUT2D eigenvalue weighted by Gasteiger charge is 2.05. The summed E-state index contributed by atoms with van der Waals surface area (Å²) in [6, 6.07) is 6.86. The number of thioether (sulfide) groups is 1. The third-order valence-corrected chi connectivity index (χ3v) is 4.08. The molecule has 8 heteroatoms. The van der Waals surface area contributed by atoms with Crippen molar-refractivity contribution in [2.24, 2.45) is 4.99 Å². The number of nitrogens with one attached hydrogen (secondary N) is 2. The number of halogens is 1. The summed E-state index contributed by atoms with van der Waals surface area (Å²) in [5, 5.41) is 17.4.